The number of carboxylic acid groups (broad SMARTS) is 1. The lowest BCUT2D eigenvalue weighted by Gasteiger charge is -2.23. The standard InChI is InChI=1S/C11H15N3O3/c1-2-14(6-9(12)15)8-5-3-4-7(10(8)13)11(16)17/h3-5H,2,6,13H2,1H3,(H2,12,15)(H,16,17). The molecule has 0 spiro atoms. The van der Waals surface area contributed by atoms with E-state index in [1.807, 2.05) is 6.92 Å². The van der Waals surface area contributed by atoms with E-state index in [-0.39, 0.29) is 17.8 Å². The molecule has 1 rings (SSSR count). The molecule has 0 aliphatic rings. The number of nitrogens with two attached hydrogens (primary N) is 2. The second kappa shape index (κ2) is 5.20. The van der Waals surface area contributed by atoms with E-state index in [0.29, 0.717) is 12.2 Å². The third-order valence-corrected chi connectivity index (χ3v) is 2.38. The van der Waals surface area contributed by atoms with E-state index in [9.17, 15) is 9.59 Å². The van der Waals surface area contributed by atoms with Crippen LogP contribution in [0.2, 0.25) is 0 Å². The highest BCUT2D eigenvalue weighted by molar-refractivity contribution is 5.97. The molecule has 0 saturated heterocycles. The number of hydrogen-bond donors (Lipinski definition) is 3. The lowest BCUT2D eigenvalue weighted by atomic mass is 10.1. The zero-order valence-corrected chi connectivity index (χ0v) is 9.51. The quantitative estimate of drug-likeness (QED) is 0.637. The Balaban J connectivity index is 3.16. The van der Waals surface area contributed by atoms with Gasteiger partial charge in [-0.1, -0.05) is 6.07 Å². The summed E-state index contributed by atoms with van der Waals surface area (Å²) in [5.74, 6) is -1.59. The smallest absolute Gasteiger partial charge is 0.337 e. The largest absolute Gasteiger partial charge is 0.478 e. The first-order valence-electron chi connectivity index (χ1n) is 5.12. The zero-order chi connectivity index (χ0) is 13.0. The van der Waals surface area contributed by atoms with Crippen LogP contribution in [-0.4, -0.2) is 30.1 Å². The monoisotopic (exact) mass is 237 g/mol. The molecule has 5 N–H and O–H groups in total. The van der Waals surface area contributed by atoms with Gasteiger partial charge in [-0.3, -0.25) is 4.79 Å². The van der Waals surface area contributed by atoms with E-state index >= 15 is 0 Å². The number of likely N-dealkylation sites (N-methyl/N-ethyl adjacent to an activating group) is 1. The van der Waals surface area contributed by atoms with Gasteiger partial charge in [0, 0.05) is 6.54 Å². The maximum absolute atomic E-state index is 10.9. The fraction of sp³-hybridized carbons (Fsp3) is 0.273. The molecule has 1 aromatic rings. The van der Waals surface area contributed by atoms with E-state index in [4.69, 9.17) is 16.6 Å². The van der Waals surface area contributed by atoms with Crippen molar-refractivity contribution >= 4 is 23.3 Å². The summed E-state index contributed by atoms with van der Waals surface area (Å²) in [6.07, 6.45) is 0. The van der Waals surface area contributed by atoms with E-state index in [1.165, 1.54) is 6.07 Å². The van der Waals surface area contributed by atoms with Gasteiger partial charge in [-0.05, 0) is 19.1 Å². The van der Waals surface area contributed by atoms with E-state index < -0.39 is 11.9 Å². The van der Waals surface area contributed by atoms with Gasteiger partial charge in [-0.15, -0.1) is 0 Å². The van der Waals surface area contributed by atoms with Crippen molar-refractivity contribution < 1.29 is 14.7 Å². The van der Waals surface area contributed by atoms with Crippen molar-refractivity contribution in [3.63, 3.8) is 0 Å². The van der Waals surface area contributed by atoms with Crippen molar-refractivity contribution in [1.82, 2.24) is 0 Å². The average molecular weight is 237 g/mol. The molecule has 17 heavy (non-hydrogen) atoms. The maximum Gasteiger partial charge on any atom is 0.337 e. The number of amides is 1. The third kappa shape index (κ3) is 2.87. The number of carbonyl (C=O) groups excluding carboxylic acids is 1. The Bertz CT molecular complexity index is 446. The highest BCUT2D eigenvalue weighted by Crippen LogP contribution is 2.26. The van der Waals surface area contributed by atoms with Gasteiger partial charge in [-0.25, -0.2) is 4.79 Å². The third-order valence-electron chi connectivity index (χ3n) is 2.38. The highest BCUT2D eigenvalue weighted by Gasteiger charge is 2.15. The molecule has 0 aliphatic carbocycles. The normalized spacial score (nSPS) is 9.94. The van der Waals surface area contributed by atoms with Crippen molar-refractivity contribution in [2.24, 2.45) is 5.73 Å². The van der Waals surface area contributed by atoms with Gasteiger partial charge in [0.05, 0.1) is 23.5 Å². The molecule has 0 fully saturated rings. The van der Waals surface area contributed by atoms with Crippen LogP contribution in [0.1, 0.15) is 17.3 Å². The predicted octanol–water partition coefficient (Wildman–Crippen LogP) is 0.279. The summed E-state index contributed by atoms with van der Waals surface area (Å²) in [6.45, 7) is 2.34. The summed E-state index contributed by atoms with van der Waals surface area (Å²) in [5.41, 5.74) is 11.5. The molecule has 6 nitrogen and oxygen atoms in total. The van der Waals surface area contributed by atoms with Gasteiger partial charge >= 0.3 is 5.97 Å². The van der Waals surface area contributed by atoms with Crippen molar-refractivity contribution in [1.29, 1.82) is 0 Å². The van der Waals surface area contributed by atoms with Gasteiger partial charge in [0.25, 0.3) is 0 Å². The van der Waals surface area contributed by atoms with Crippen molar-refractivity contribution in [3.05, 3.63) is 23.8 Å². The van der Waals surface area contributed by atoms with Crippen LogP contribution >= 0.6 is 0 Å². The Morgan fingerprint density at radius 3 is 2.53 bits per heavy atom. The number of carbonyl (C=O) groups is 2. The van der Waals surface area contributed by atoms with Crippen LogP contribution in [0.15, 0.2) is 18.2 Å². The Morgan fingerprint density at radius 2 is 2.06 bits per heavy atom. The molecule has 1 aromatic carbocycles. The van der Waals surface area contributed by atoms with Crippen LogP contribution in [0, 0.1) is 0 Å². The van der Waals surface area contributed by atoms with Gasteiger partial charge in [0.1, 0.15) is 0 Å². The Labute approximate surface area is 98.8 Å². The fourth-order valence-corrected chi connectivity index (χ4v) is 1.57. The van der Waals surface area contributed by atoms with Crippen LogP contribution in [0.25, 0.3) is 0 Å². The van der Waals surface area contributed by atoms with Gasteiger partial charge < -0.3 is 21.5 Å². The topological polar surface area (TPSA) is 110 Å². The van der Waals surface area contributed by atoms with Crippen molar-refractivity contribution in [2.75, 3.05) is 23.7 Å². The van der Waals surface area contributed by atoms with Crippen molar-refractivity contribution in [2.45, 2.75) is 6.92 Å². The predicted molar refractivity (Wildman–Crippen MR) is 64.9 cm³/mol. The van der Waals surface area contributed by atoms with Crippen LogP contribution in [0.3, 0.4) is 0 Å². The molecular formula is C11H15N3O3. The number of aromatic carboxylic acids is 1. The number of hydrogen-bond acceptors (Lipinski definition) is 4. The van der Waals surface area contributed by atoms with Crippen LogP contribution < -0.4 is 16.4 Å². The molecule has 0 radical (unpaired) electrons. The number of benzene rings is 1. The summed E-state index contributed by atoms with van der Waals surface area (Å²) in [7, 11) is 0. The molecule has 0 unspecified atom stereocenters. The average Bonchev–Trinajstić information content (AvgIpc) is 2.26. The minimum atomic E-state index is -1.10. The molecule has 0 saturated carbocycles. The van der Waals surface area contributed by atoms with E-state index in [2.05, 4.69) is 0 Å². The minimum absolute atomic E-state index is 0.00374. The van der Waals surface area contributed by atoms with Crippen LogP contribution in [-0.2, 0) is 4.79 Å². The summed E-state index contributed by atoms with van der Waals surface area (Å²) in [4.78, 5) is 23.4. The molecule has 6 heteroatoms. The summed E-state index contributed by atoms with van der Waals surface area (Å²) in [5, 5.41) is 8.94. The second-order valence-corrected chi connectivity index (χ2v) is 3.52. The molecule has 0 aliphatic heterocycles. The maximum atomic E-state index is 10.9. The molecule has 0 aromatic heterocycles. The van der Waals surface area contributed by atoms with Gasteiger partial charge in [-0.2, -0.15) is 0 Å². The first-order valence-corrected chi connectivity index (χ1v) is 5.12. The zero-order valence-electron chi connectivity index (χ0n) is 9.51. The number of rotatable bonds is 5. The summed E-state index contributed by atoms with van der Waals surface area (Å²) in [6, 6.07) is 4.66. The lowest BCUT2D eigenvalue weighted by molar-refractivity contribution is -0.116. The summed E-state index contributed by atoms with van der Waals surface area (Å²) >= 11 is 0. The van der Waals surface area contributed by atoms with Crippen molar-refractivity contribution in [3.8, 4) is 0 Å². The number of anilines is 2. The van der Waals surface area contributed by atoms with Crippen LogP contribution in [0.5, 0.6) is 0 Å². The minimum Gasteiger partial charge on any atom is -0.478 e. The number of nitrogen functional groups attached to an aromatic ring is 1. The molecule has 0 atom stereocenters. The van der Waals surface area contributed by atoms with Gasteiger partial charge in [0.15, 0.2) is 0 Å². The number of para-hydroxylation sites is 1. The van der Waals surface area contributed by atoms with E-state index in [1.54, 1.807) is 17.0 Å². The summed E-state index contributed by atoms with van der Waals surface area (Å²) < 4.78 is 0. The molecule has 0 heterocycles. The molecule has 92 valence electrons. The lowest BCUT2D eigenvalue weighted by Crippen LogP contribution is -2.34. The fourth-order valence-electron chi connectivity index (χ4n) is 1.57. The van der Waals surface area contributed by atoms with E-state index in [0.717, 1.165) is 0 Å². The molecular weight excluding hydrogens is 222 g/mol. The SMILES string of the molecule is CCN(CC(N)=O)c1cccc(C(=O)O)c1N. The van der Waals surface area contributed by atoms with Gasteiger partial charge in [0.2, 0.25) is 5.91 Å². The second-order valence-electron chi connectivity index (χ2n) is 3.52. The number of primary amides is 1. The Hall–Kier alpha value is -2.24. The number of carboxylic acids is 1. The first-order chi connectivity index (χ1) is 7.97. The number of nitrogens with zero attached hydrogens (tertiary/aromatic N) is 1. The molecule has 0 bridgehead atoms. The molecule has 1 amide bonds. The highest BCUT2D eigenvalue weighted by atomic mass is 16.4. The first kappa shape index (κ1) is 12.8. The van der Waals surface area contributed by atoms with Crippen LogP contribution in [0.4, 0.5) is 11.4 Å². The Morgan fingerprint density at radius 1 is 1.41 bits per heavy atom. The Kier molecular flexibility index (Phi) is 3.92.